The maximum Gasteiger partial charge on any atom is 0.255 e. The Morgan fingerprint density at radius 2 is 1.37 bits per heavy atom. The van der Waals surface area contributed by atoms with Crippen LogP contribution in [0, 0.1) is 0 Å². The summed E-state index contributed by atoms with van der Waals surface area (Å²) in [7, 11) is 0. The summed E-state index contributed by atoms with van der Waals surface area (Å²) in [6.07, 6.45) is 0. The summed E-state index contributed by atoms with van der Waals surface area (Å²) in [6, 6.07) is 17.0. The van der Waals surface area contributed by atoms with Gasteiger partial charge in [0.25, 0.3) is 5.91 Å². The number of rotatable bonds is 2. The molecule has 0 bridgehead atoms. The van der Waals surface area contributed by atoms with Crippen LogP contribution in [-0.2, 0) is 5.41 Å². The number of anilines is 1. The van der Waals surface area contributed by atoms with Gasteiger partial charge in [0.05, 0.1) is 21.8 Å². The summed E-state index contributed by atoms with van der Waals surface area (Å²) < 4.78 is 0. The average molecular weight is 418 g/mol. The Kier molecular flexibility index (Phi) is 4.83. The van der Waals surface area contributed by atoms with Crippen LogP contribution in [0.4, 0.5) is 5.69 Å². The summed E-state index contributed by atoms with van der Waals surface area (Å²) in [5, 5.41) is 2.97. The third kappa shape index (κ3) is 3.33. The van der Waals surface area contributed by atoms with E-state index in [9.17, 15) is 14.4 Å². The van der Waals surface area contributed by atoms with Crippen molar-refractivity contribution in [2.75, 3.05) is 5.32 Å². The first-order valence-electron chi connectivity index (χ1n) is 9.61. The van der Waals surface area contributed by atoms with Crippen molar-refractivity contribution in [1.29, 1.82) is 0 Å². The lowest BCUT2D eigenvalue weighted by Gasteiger charge is -2.21. The van der Waals surface area contributed by atoms with E-state index in [-0.39, 0.29) is 44.7 Å². The second-order valence-corrected chi connectivity index (χ2v) is 8.74. The van der Waals surface area contributed by atoms with Crippen LogP contribution >= 0.6 is 11.6 Å². The van der Waals surface area contributed by atoms with E-state index >= 15 is 0 Å². The zero-order valence-corrected chi connectivity index (χ0v) is 17.6. The Morgan fingerprint density at radius 3 is 1.93 bits per heavy atom. The van der Waals surface area contributed by atoms with E-state index in [0.29, 0.717) is 16.7 Å². The van der Waals surface area contributed by atoms with Crippen LogP contribution in [0.15, 0.2) is 60.7 Å². The highest BCUT2D eigenvalue weighted by Crippen LogP contribution is 2.36. The third-order valence-electron chi connectivity index (χ3n) is 5.29. The lowest BCUT2D eigenvalue weighted by molar-refractivity contribution is 0.0978. The van der Waals surface area contributed by atoms with E-state index in [4.69, 9.17) is 11.6 Å². The fraction of sp³-hybridized carbons (Fsp3) is 0.160. The van der Waals surface area contributed by atoms with Gasteiger partial charge in [0.1, 0.15) is 0 Å². The summed E-state index contributed by atoms with van der Waals surface area (Å²) in [4.78, 5) is 38.9. The van der Waals surface area contributed by atoms with Crippen LogP contribution < -0.4 is 5.32 Å². The number of nitrogens with one attached hydrogen (secondary N) is 1. The van der Waals surface area contributed by atoms with Gasteiger partial charge in [0.15, 0.2) is 11.6 Å². The first-order valence-corrected chi connectivity index (χ1v) is 9.99. The van der Waals surface area contributed by atoms with Crippen LogP contribution in [0.25, 0.3) is 0 Å². The highest BCUT2D eigenvalue weighted by Gasteiger charge is 2.33. The molecule has 1 aliphatic rings. The van der Waals surface area contributed by atoms with Crippen molar-refractivity contribution in [3.63, 3.8) is 0 Å². The van der Waals surface area contributed by atoms with Crippen molar-refractivity contribution in [3.8, 4) is 0 Å². The molecule has 0 saturated heterocycles. The minimum Gasteiger partial charge on any atom is -0.321 e. The van der Waals surface area contributed by atoms with Crippen LogP contribution in [0.5, 0.6) is 0 Å². The molecule has 1 N–H and O–H groups in total. The monoisotopic (exact) mass is 417 g/mol. The normalized spacial score (nSPS) is 12.9. The quantitative estimate of drug-likeness (QED) is 0.457. The molecule has 0 spiro atoms. The number of hydrogen-bond donors (Lipinski definition) is 1. The van der Waals surface area contributed by atoms with Crippen LogP contribution in [0.1, 0.15) is 68.5 Å². The SMILES string of the molecule is CC(C)(C)c1ccc(C(=O)Nc2ccc(Cl)c3c2C(=O)c2ccccc2C3=O)cc1. The average Bonchev–Trinajstić information content (AvgIpc) is 2.72. The van der Waals surface area contributed by atoms with Gasteiger partial charge in [-0.3, -0.25) is 14.4 Å². The van der Waals surface area contributed by atoms with Gasteiger partial charge < -0.3 is 5.32 Å². The molecule has 0 aromatic heterocycles. The van der Waals surface area contributed by atoms with Crippen molar-refractivity contribution < 1.29 is 14.4 Å². The van der Waals surface area contributed by atoms with Crippen molar-refractivity contribution >= 4 is 34.8 Å². The zero-order valence-electron chi connectivity index (χ0n) is 16.9. The Hall–Kier alpha value is -3.24. The second-order valence-electron chi connectivity index (χ2n) is 8.33. The molecule has 1 aliphatic carbocycles. The van der Waals surface area contributed by atoms with Gasteiger partial charge in [-0.15, -0.1) is 0 Å². The lowest BCUT2D eigenvalue weighted by atomic mass is 9.83. The van der Waals surface area contributed by atoms with E-state index in [1.165, 1.54) is 6.07 Å². The molecule has 0 aliphatic heterocycles. The van der Waals surface area contributed by atoms with Crippen molar-refractivity contribution in [2.24, 2.45) is 0 Å². The molecule has 1 amide bonds. The van der Waals surface area contributed by atoms with Gasteiger partial charge in [0.2, 0.25) is 0 Å². The predicted octanol–water partition coefficient (Wildman–Crippen LogP) is 5.67. The second kappa shape index (κ2) is 7.22. The van der Waals surface area contributed by atoms with Crippen molar-refractivity contribution in [2.45, 2.75) is 26.2 Å². The van der Waals surface area contributed by atoms with Crippen LogP contribution in [-0.4, -0.2) is 17.5 Å². The summed E-state index contributed by atoms with van der Waals surface area (Å²) in [5.74, 6) is -1.02. The molecule has 0 radical (unpaired) electrons. The molecular formula is C25H20ClNO3. The fourth-order valence-corrected chi connectivity index (χ4v) is 3.85. The van der Waals surface area contributed by atoms with Crippen molar-refractivity contribution in [3.05, 3.63) is 99.1 Å². The topological polar surface area (TPSA) is 63.2 Å². The first kappa shape index (κ1) is 20.0. The van der Waals surface area contributed by atoms with E-state index in [1.54, 1.807) is 42.5 Å². The van der Waals surface area contributed by atoms with E-state index in [0.717, 1.165) is 5.56 Å². The zero-order chi connectivity index (χ0) is 21.6. The van der Waals surface area contributed by atoms with Crippen molar-refractivity contribution in [1.82, 2.24) is 0 Å². The number of amides is 1. The van der Waals surface area contributed by atoms with Crippen LogP contribution in [0.2, 0.25) is 5.02 Å². The van der Waals surface area contributed by atoms with Gasteiger partial charge in [-0.05, 0) is 35.2 Å². The van der Waals surface area contributed by atoms with Gasteiger partial charge in [0, 0.05) is 16.7 Å². The summed E-state index contributed by atoms with van der Waals surface area (Å²) in [5.41, 5.74) is 2.70. The van der Waals surface area contributed by atoms with Gasteiger partial charge >= 0.3 is 0 Å². The molecule has 30 heavy (non-hydrogen) atoms. The highest BCUT2D eigenvalue weighted by atomic mass is 35.5. The van der Waals surface area contributed by atoms with Gasteiger partial charge in [-0.1, -0.05) is 68.8 Å². The summed E-state index contributed by atoms with van der Waals surface area (Å²) >= 11 is 6.27. The van der Waals surface area contributed by atoms with E-state index in [1.807, 2.05) is 12.1 Å². The minimum atomic E-state index is -0.362. The number of hydrogen-bond acceptors (Lipinski definition) is 3. The maximum absolute atomic E-state index is 13.1. The Morgan fingerprint density at radius 1 is 0.800 bits per heavy atom. The molecule has 0 heterocycles. The van der Waals surface area contributed by atoms with Crippen LogP contribution in [0.3, 0.4) is 0 Å². The smallest absolute Gasteiger partial charge is 0.255 e. The molecule has 0 atom stereocenters. The standard InChI is InChI=1S/C25H20ClNO3/c1-25(2,3)15-10-8-14(9-11-15)24(30)27-19-13-12-18(26)20-21(19)23(29)17-7-5-4-6-16(17)22(20)28/h4-13H,1-3H3,(H,27,30). The number of ketones is 2. The number of carbonyl (C=O) groups excluding carboxylic acids is 3. The molecule has 4 rings (SSSR count). The number of benzene rings is 3. The lowest BCUT2D eigenvalue weighted by Crippen LogP contribution is -2.24. The Labute approximate surface area is 179 Å². The fourth-order valence-electron chi connectivity index (χ4n) is 3.60. The van der Waals surface area contributed by atoms with Gasteiger partial charge in [-0.25, -0.2) is 0 Å². The molecule has 0 unspecified atom stereocenters. The Balaban J connectivity index is 1.73. The number of halogens is 1. The minimum absolute atomic E-state index is 0.0234. The van der Waals surface area contributed by atoms with Gasteiger partial charge in [-0.2, -0.15) is 0 Å². The maximum atomic E-state index is 13.1. The molecule has 5 heteroatoms. The van der Waals surface area contributed by atoms with E-state index in [2.05, 4.69) is 26.1 Å². The largest absolute Gasteiger partial charge is 0.321 e. The molecule has 0 fully saturated rings. The third-order valence-corrected chi connectivity index (χ3v) is 5.60. The molecule has 150 valence electrons. The molecule has 3 aromatic rings. The molecule has 0 saturated carbocycles. The Bertz CT molecular complexity index is 1200. The summed E-state index contributed by atoms with van der Waals surface area (Å²) in [6.45, 7) is 6.30. The highest BCUT2D eigenvalue weighted by molar-refractivity contribution is 6.40. The first-order chi connectivity index (χ1) is 14.2. The molecular weight excluding hydrogens is 398 g/mol. The molecule has 3 aromatic carbocycles. The number of fused-ring (bicyclic) bond motifs is 2. The predicted molar refractivity (Wildman–Crippen MR) is 118 cm³/mol. The molecule has 4 nitrogen and oxygen atoms in total. The number of carbonyl (C=O) groups is 3. The van der Waals surface area contributed by atoms with E-state index < -0.39 is 0 Å².